The highest BCUT2D eigenvalue weighted by Gasteiger charge is 2.32. The first-order valence-electron chi connectivity index (χ1n) is 7.71. The van der Waals surface area contributed by atoms with E-state index < -0.39 is 0 Å². The van der Waals surface area contributed by atoms with Crippen molar-refractivity contribution in [2.75, 3.05) is 6.61 Å². The van der Waals surface area contributed by atoms with Crippen LogP contribution in [0.3, 0.4) is 0 Å². The molecule has 3 atom stereocenters. The summed E-state index contributed by atoms with van der Waals surface area (Å²) < 4.78 is 7.48. The Kier molecular flexibility index (Phi) is 4.57. The van der Waals surface area contributed by atoms with Crippen molar-refractivity contribution in [3.8, 4) is 0 Å². The number of amides is 2. The average Bonchev–Trinajstić information content (AvgIpc) is 3.16. The normalized spacial score (nSPS) is 21.8. The summed E-state index contributed by atoms with van der Waals surface area (Å²) in [5, 5.41) is 10.1. The predicted octanol–water partition coefficient (Wildman–Crippen LogP) is 1.71. The first-order valence-corrected chi connectivity index (χ1v) is 7.71. The maximum Gasteiger partial charge on any atom is 0.315 e. The van der Waals surface area contributed by atoms with Crippen LogP contribution in [0.2, 0.25) is 0 Å². The molecule has 2 N–H and O–H groups in total. The van der Waals surface area contributed by atoms with Gasteiger partial charge in [0.05, 0.1) is 24.0 Å². The molecule has 0 radical (unpaired) electrons. The Morgan fingerprint density at radius 3 is 3.04 bits per heavy atom. The zero-order valence-corrected chi connectivity index (χ0v) is 13.3. The molecule has 1 aliphatic heterocycles. The molecule has 2 aromatic heterocycles. The molecule has 1 fully saturated rings. The van der Waals surface area contributed by atoms with Gasteiger partial charge in [-0.3, -0.25) is 9.67 Å². The first-order chi connectivity index (χ1) is 11.1. The van der Waals surface area contributed by atoms with Gasteiger partial charge < -0.3 is 15.4 Å². The lowest BCUT2D eigenvalue weighted by atomic mass is 10.1. The number of aryl methyl sites for hydroxylation is 1. The maximum absolute atomic E-state index is 12.2. The smallest absolute Gasteiger partial charge is 0.315 e. The molecule has 3 heterocycles. The summed E-state index contributed by atoms with van der Waals surface area (Å²) in [6, 6.07) is 5.21. The molecule has 7 heteroatoms. The van der Waals surface area contributed by atoms with Crippen LogP contribution < -0.4 is 10.6 Å². The van der Waals surface area contributed by atoms with Crippen molar-refractivity contribution in [3.05, 3.63) is 48.0 Å². The van der Waals surface area contributed by atoms with Gasteiger partial charge in [-0.2, -0.15) is 5.10 Å². The quantitative estimate of drug-likeness (QED) is 0.900. The molecule has 1 saturated heterocycles. The largest absolute Gasteiger partial charge is 0.371 e. The zero-order valence-electron chi connectivity index (χ0n) is 13.3. The molecule has 3 rings (SSSR count). The highest BCUT2D eigenvalue weighted by molar-refractivity contribution is 5.74. The molecule has 0 aliphatic carbocycles. The fourth-order valence-electron chi connectivity index (χ4n) is 2.77. The summed E-state index contributed by atoms with van der Waals surface area (Å²) in [6.07, 6.45) is 6.04. The predicted molar refractivity (Wildman–Crippen MR) is 84.6 cm³/mol. The van der Waals surface area contributed by atoms with Gasteiger partial charge in [0.15, 0.2) is 0 Å². The van der Waals surface area contributed by atoms with Crippen molar-refractivity contribution in [2.45, 2.75) is 31.5 Å². The molecular weight excluding hydrogens is 294 g/mol. The molecule has 7 nitrogen and oxygen atoms in total. The molecule has 23 heavy (non-hydrogen) atoms. The van der Waals surface area contributed by atoms with Crippen LogP contribution in [-0.2, 0) is 11.8 Å². The minimum Gasteiger partial charge on any atom is -0.371 e. The lowest BCUT2D eigenvalue weighted by Gasteiger charge is -2.21. The SMILES string of the molecule is CC(NC(=O)N[C@H]1CCO[C@@H]1c1cnn(C)c1)c1ccccn1. The highest BCUT2D eigenvalue weighted by atomic mass is 16.5. The van der Waals surface area contributed by atoms with Gasteiger partial charge in [-0.05, 0) is 25.5 Å². The molecule has 1 aliphatic rings. The number of rotatable bonds is 4. The Morgan fingerprint density at radius 2 is 2.35 bits per heavy atom. The van der Waals surface area contributed by atoms with Gasteiger partial charge >= 0.3 is 6.03 Å². The number of nitrogens with zero attached hydrogens (tertiary/aromatic N) is 3. The minimum atomic E-state index is -0.215. The number of pyridine rings is 1. The second kappa shape index (κ2) is 6.78. The third-order valence-corrected chi connectivity index (χ3v) is 3.94. The minimum absolute atomic E-state index is 0.0601. The summed E-state index contributed by atoms with van der Waals surface area (Å²) >= 11 is 0. The Hall–Kier alpha value is -2.41. The number of aromatic nitrogens is 3. The average molecular weight is 315 g/mol. The summed E-state index contributed by atoms with van der Waals surface area (Å²) in [7, 11) is 1.86. The molecule has 0 bridgehead atoms. The monoisotopic (exact) mass is 315 g/mol. The van der Waals surface area contributed by atoms with Crippen molar-refractivity contribution >= 4 is 6.03 Å². The van der Waals surface area contributed by atoms with E-state index in [4.69, 9.17) is 4.74 Å². The van der Waals surface area contributed by atoms with Crippen molar-refractivity contribution in [1.29, 1.82) is 0 Å². The first kappa shape index (κ1) is 15.5. The molecule has 1 unspecified atom stereocenters. The van der Waals surface area contributed by atoms with Crippen LogP contribution in [-0.4, -0.2) is 33.4 Å². The van der Waals surface area contributed by atoms with E-state index in [2.05, 4.69) is 20.7 Å². The van der Waals surface area contributed by atoms with Crippen molar-refractivity contribution < 1.29 is 9.53 Å². The van der Waals surface area contributed by atoms with E-state index in [-0.39, 0.29) is 24.2 Å². The molecule has 0 aromatic carbocycles. The van der Waals surface area contributed by atoms with E-state index in [1.54, 1.807) is 17.1 Å². The number of carbonyl (C=O) groups excluding carboxylic acids is 1. The van der Waals surface area contributed by atoms with E-state index in [0.717, 1.165) is 17.7 Å². The van der Waals surface area contributed by atoms with E-state index in [1.807, 2.05) is 38.4 Å². The Morgan fingerprint density at radius 1 is 1.48 bits per heavy atom. The van der Waals surface area contributed by atoms with E-state index in [0.29, 0.717) is 6.61 Å². The molecule has 2 amide bonds. The molecule has 0 saturated carbocycles. The number of hydrogen-bond donors (Lipinski definition) is 2. The van der Waals surface area contributed by atoms with E-state index >= 15 is 0 Å². The van der Waals surface area contributed by atoms with Gasteiger partial charge in [0.1, 0.15) is 6.10 Å². The number of nitrogens with one attached hydrogen (secondary N) is 2. The van der Waals surface area contributed by atoms with Gasteiger partial charge in [-0.25, -0.2) is 4.79 Å². The van der Waals surface area contributed by atoms with Crippen LogP contribution in [0.15, 0.2) is 36.8 Å². The molecule has 2 aromatic rings. The van der Waals surface area contributed by atoms with Gasteiger partial charge in [0.2, 0.25) is 0 Å². The topological polar surface area (TPSA) is 81.1 Å². The molecule has 122 valence electrons. The van der Waals surface area contributed by atoms with Crippen molar-refractivity contribution in [1.82, 2.24) is 25.4 Å². The Labute approximate surface area is 135 Å². The van der Waals surface area contributed by atoms with Gasteiger partial charge in [-0.1, -0.05) is 6.07 Å². The summed E-state index contributed by atoms with van der Waals surface area (Å²) in [6.45, 7) is 2.53. The lowest BCUT2D eigenvalue weighted by Crippen LogP contribution is -2.44. The molecule has 0 spiro atoms. The van der Waals surface area contributed by atoms with Crippen molar-refractivity contribution in [3.63, 3.8) is 0 Å². The fraction of sp³-hybridized carbons (Fsp3) is 0.438. The van der Waals surface area contributed by atoms with Crippen LogP contribution in [0.1, 0.15) is 36.7 Å². The Bertz CT molecular complexity index is 658. The van der Waals surface area contributed by atoms with Gasteiger partial charge in [-0.15, -0.1) is 0 Å². The fourth-order valence-corrected chi connectivity index (χ4v) is 2.77. The summed E-state index contributed by atoms with van der Waals surface area (Å²) in [5.41, 5.74) is 1.81. The van der Waals surface area contributed by atoms with Crippen LogP contribution in [0.5, 0.6) is 0 Å². The third kappa shape index (κ3) is 3.68. The summed E-state index contributed by atoms with van der Waals surface area (Å²) in [4.78, 5) is 16.5. The molecular formula is C16H21N5O2. The van der Waals surface area contributed by atoms with Crippen LogP contribution in [0.4, 0.5) is 4.79 Å². The van der Waals surface area contributed by atoms with Crippen LogP contribution in [0.25, 0.3) is 0 Å². The summed E-state index contributed by atoms with van der Waals surface area (Å²) in [5.74, 6) is 0. The Balaban J connectivity index is 1.59. The lowest BCUT2D eigenvalue weighted by molar-refractivity contribution is 0.0998. The maximum atomic E-state index is 12.2. The number of ether oxygens (including phenoxy) is 1. The second-order valence-corrected chi connectivity index (χ2v) is 5.73. The van der Waals surface area contributed by atoms with Crippen molar-refractivity contribution in [2.24, 2.45) is 7.05 Å². The number of carbonyl (C=O) groups is 1. The van der Waals surface area contributed by atoms with E-state index in [1.165, 1.54) is 0 Å². The van der Waals surface area contributed by atoms with E-state index in [9.17, 15) is 4.79 Å². The standard InChI is InChI=1S/C16H21N5O2/c1-11(13-5-3-4-7-17-13)19-16(22)20-14-6-8-23-15(14)12-9-18-21(2)10-12/h3-5,7,9-11,14-15H,6,8H2,1-2H3,(H2,19,20,22)/t11?,14-,15+/m0/s1. The second-order valence-electron chi connectivity index (χ2n) is 5.73. The van der Waals surface area contributed by atoms with Gasteiger partial charge in [0.25, 0.3) is 0 Å². The number of hydrogen-bond acceptors (Lipinski definition) is 4. The van der Waals surface area contributed by atoms with Gasteiger partial charge in [0, 0.05) is 31.6 Å². The van der Waals surface area contributed by atoms with Crippen LogP contribution >= 0.6 is 0 Å². The zero-order chi connectivity index (χ0) is 16.2. The number of urea groups is 1. The van der Waals surface area contributed by atoms with Crippen LogP contribution in [0, 0.1) is 0 Å². The third-order valence-electron chi connectivity index (χ3n) is 3.94. The highest BCUT2D eigenvalue weighted by Crippen LogP contribution is 2.28.